The minimum Gasteiger partial charge on any atom is -0.487 e. The molecule has 306 valence electrons. The maximum atomic E-state index is 15.1. The van der Waals surface area contributed by atoms with Gasteiger partial charge in [0.2, 0.25) is 0 Å². The van der Waals surface area contributed by atoms with Crippen LogP contribution in [0.15, 0.2) is 17.1 Å². The van der Waals surface area contributed by atoms with Crippen LogP contribution < -0.4 is 20.7 Å². The Morgan fingerprint density at radius 1 is 1.02 bits per heavy atom. The first-order valence-corrected chi connectivity index (χ1v) is 21.2. The van der Waals surface area contributed by atoms with Crippen LogP contribution >= 0.6 is 7.82 Å². The number of phosphoric acid groups is 1. The van der Waals surface area contributed by atoms with Gasteiger partial charge in [-0.1, -0.05) is 72.6 Å². The highest BCUT2D eigenvalue weighted by molar-refractivity contribution is 7.47. The van der Waals surface area contributed by atoms with Crippen LogP contribution in [0.2, 0.25) is 0 Å². The van der Waals surface area contributed by atoms with Gasteiger partial charge in [0.1, 0.15) is 22.9 Å². The van der Waals surface area contributed by atoms with Crippen molar-refractivity contribution in [2.45, 2.75) is 169 Å². The van der Waals surface area contributed by atoms with Gasteiger partial charge in [-0.25, -0.2) is 18.1 Å². The number of hydrogen-bond donors (Lipinski definition) is 3. The SMILES string of the molecule is Cc1c(C)c2c(c(C)c1OP(=O)(O)OC1CO[C@@H](n3ccc(N)nc3=O)C(F)[C@@H](F)[C@H](O)C1)CCC(C)(CCCC(C)CCCC(C)CCCC(C)C)O2. The number of nitrogens with two attached hydrogens (primary N) is 1. The van der Waals surface area contributed by atoms with E-state index in [1.165, 1.54) is 44.6 Å². The van der Waals surface area contributed by atoms with E-state index in [1.807, 2.05) is 6.92 Å². The third-order valence-corrected chi connectivity index (χ3v) is 12.3. The fourth-order valence-corrected chi connectivity index (χ4v) is 8.86. The van der Waals surface area contributed by atoms with Gasteiger partial charge in [0.15, 0.2) is 18.6 Å². The molecule has 6 unspecified atom stereocenters. The number of nitrogens with zero attached hydrogens (tertiary/aromatic N) is 2. The van der Waals surface area contributed by atoms with E-state index in [0.717, 1.165) is 60.6 Å². The first kappa shape index (κ1) is 44.1. The lowest BCUT2D eigenvalue weighted by atomic mass is 9.84. The number of fused-ring (bicyclic) bond motifs is 1. The summed E-state index contributed by atoms with van der Waals surface area (Å²) in [7, 11) is -4.91. The number of hydrogen-bond acceptors (Lipinski definition) is 9. The fourth-order valence-electron chi connectivity index (χ4n) is 7.78. The molecule has 1 aromatic carbocycles. The Morgan fingerprint density at radius 3 is 2.28 bits per heavy atom. The van der Waals surface area contributed by atoms with Crippen molar-refractivity contribution in [3.63, 3.8) is 0 Å². The number of alkyl halides is 2. The lowest BCUT2D eigenvalue weighted by Crippen LogP contribution is -2.46. The molecule has 1 fully saturated rings. The molecule has 4 rings (SSSR count). The van der Waals surface area contributed by atoms with E-state index in [9.17, 15) is 19.4 Å². The minimum atomic E-state index is -4.91. The summed E-state index contributed by atoms with van der Waals surface area (Å²) in [5.74, 6) is 3.04. The number of aliphatic hydroxyl groups is 1. The summed E-state index contributed by atoms with van der Waals surface area (Å²) in [6, 6.07) is 1.21. The first-order valence-electron chi connectivity index (χ1n) is 19.8. The average molecular weight is 784 g/mol. The van der Waals surface area contributed by atoms with Crippen LogP contribution in [0.1, 0.15) is 134 Å². The summed E-state index contributed by atoms with van der Waals surface area (Å²) in [4.78, 5) is 26.8. The molecule has 0 aliphatic carbocycles. The van der Waals surface area contributed by atoms with Gasteiger partial charge < -0.3 is 24.8 Å². The van der Waals surface area contributed by atoms with Gasteiger partial charge in [-0.2, -0.15) is 4.98 Å². The van der Waals surface area contributed by atoms with E-state index in [2.05, 4.69) is 39.6 Å². The molecule has 0 amide bonds. The van der Waals surface area contributed by atoms with Gasteiger partial charge in [0.05, 0.1) is 18.8 Å². The maximum Gasteiger partial charge on any atom is 0.527 e. The Morgan fingerprint density at radius 2 is 1.65 bits per heavy atom. The number of ether oxygens (including phenoxy) is 2. The number of rotatable bonds is 17. The Labute approximate surface area is 319 Å². The molecule has 14 heteroatoms. The second-order valence-electron chi connectivity index (χ2n) is 16.7. The molecule has 4 N–H and O–H groups in total. The normalized spacial score (nSPS) is 26.9. The molecule has 1 aromatic heterocycles. The van der Waals surface area contributed by atoms with Crippen LogP contribution in [-0.2, 0) is 20.2 Å². The Balaban J connectivity index is 1.36. The highest BCUT2D eigenvalue weighted by Crippen LogP contribution is 2.52. The molecule has 0 saturated carbocycles. The molecule has 9 atom stereocenters. The summed E-state index contributed by atoms with van der Waals surface area (Å²) in [6.45, 7) is 16.4. The highest BCUT2D eigenvalue weighted by Gasteiger charge is 2.43. The van der Waals surface area contributed by atoms with Crippen molar-refractivity contribution in [1.29, 1.82) is 0 Å². The molecule has 54 heavy (non-hydrogen) atoms. The zero-order valence-electron chi connectivity index (χ0n) is 33.5. The molecule has 0 spiro atoms. The first-order chi connectivity index (χ1) is 25.3. The van der Waals surface area contributed by atoms with Crippen molar-refractivity contribution in [2.75, 3.05) is 12.3 Å². The number of benzene rings is 1. The van der Waals surface area contributed by atoms with E-state index in [-0.39, 0.29) is 17.2 Å². The van der Waals surface area contributed by atoms with Crippen LogP contribution in [0.25, 0.3) is 0 Å². The van der Waals surface area contributed by atoms with Crippen LogP contribution in [0, 0.1) is 38.5 Å². The molecular formula is C40H64F2N3O8P. The Hall–Kier alpha value is -2.57. The van der Waals surface area contributed by atoms with Crippen LogP contribution in [0.4, 0.5) is 14.6 Å². The van der Waals surface area contributed by atoms with Crippen molar-refractivity contribution in [3.8, 4) is 11.5 Å². The summed E-state index contributed by atoms with van der Waals surface area (Å²) in [5, 5.41) is 10.5. The van der Waals surface area contributed by atoms with E-state index in [0.29, 0.717) is 28.0 Å². The molecular weight excluding hydrogens is 719 g/mol. The van der Waals surface area contributed by atoms with E-state index in [1.54, 1.807) is 13.8 Å². The molecule has 2 aliphatic heterocycles. The zero-order chi connectivity index (χ0) is 40.0. The number of aliphatic hydroxyl groups excluding tert-OH is 1. The smallest absolute Gasteiger partial charge is 0.487 e. The molecule has 2 aromatic rings. The number of aromatic nitrogens is 2. The van der Waals surface area contributed by atoms with Crippen LogP contribution in [-0.4, -0.2) is 56.3 Å². The highest BCUT2D eigenvalue weighted by atomic mass is 31.2. The Bertz CT molecular complexity index is 1660. The third kappa shape index (κ3) is 11.7. The number of phosphoric ester groups is 1. The second-order valence-corrected chi connectivity index (χ2v) is 18.0. The standard InChI is InChI=1S/C40H64F2N3O8P/c1-24(2)12-9-13-25(3)14-10-15-26(4)16-11-19-40(8)20-17-31-29(7)36(27(5)28(6)37(31)51-40)53-54(48,49)52-30-22-32(46)34(41)35(42)38(50-23-30)45-21-18-33(43)44-39(45)47/h18,21,24-26,30,32,34-35,38,46H,9-17,19-20,22-23H2,1-8H3,(H,48,49)(H2,43,44,47)/t25?,26?,30?,32-,34+,35?,38-,40?/m1/s1. The summed E-state index contributed by atoms with van der Waals surface area (Å²) >= 11 is 0. The van der Waals surface area contributed by atoms with E-state index >= 15 is 8.78 Å². The van der Waals surface area contributed by atoms with Crippen molar-refractivity contribution < 1.29 is 41.9 Å². The molecule has 1 saturated heterocycles. The van der Waals surface area contributed by atoms with E-state index in [4.69, 9.17) is 24.3 Å². The molecule has 0 radical (unpaired) electrons. The van der Waals surface area contributed by atoms with Crippen molar-refractivity contribution in [1.82, 2.24) is 9.55 Å². The third-order valence-electron chi connectivity index (χ3n) is 11.4. The minimum absolute atomic E-state index is 0.128. The number of halogens is 2. The summed E-state index contributed by atoms with van der Waals surface area (Å²) in [5.41, 5.74) is 7.12. The average Bonchev–Trinajstić information content (AvgIpc) is 3.08. The number of nitrogen functional groups attached to an aromatic ring is 1. The van der Waals surface area contributed by atoms with Crippen molar-refractivity contribution in [3.05, 3.63) is 45.0 Å². The predicted molar refractivity (Wildman–Crippen MR) is 206 cm³/mol. The number of anilines is 1. The largest absolute Gasteiger partial charge is 0.527 e. The van der Waals surface area contributed by atoms with Crippen molar-refractivity contribution >= 4 is 13.6 Å². The monoisotopic (exact) mass is 783 g/mol. The van der Waals surface area contributed by atoms with Gasteiger partial charge in [0.25, 0.3) is 0 Å². The van der Waals surface area contributed by atoms with Gasteiger partial charge in [0, 0.05) is 18.2 Å². The van der Waals surface area contributed by atoms with Gasteiger partial charge >= 0.3 is 13.5 Å². The van der Waals surface area contributed by atoms with E-state index < -0.39 is 57.3 Å². The molecule has 2 aliphatic rings. The predicted octanol–water partition coefficient (Wildman–Crippen LogP) is 8.79. The maximum absolute atomic E-state index is 15.1. The quantitative estimate of drug-likeness (QED) is 0.133. The molecule has 3 heterocycles. The lowest BCUT2D eigenvalue weighted by molar-refractivity contribution is -0.142. The van der Waals surface area contributed by atoms with Gasteiger partial charge in [-0.15, -0.1) is 0 Å². The fraction of sp³-hybridized carbons (Fsp3) is 0.750. The Kier molecular flexibility index (Phi) is 15.6. The second kappa shape index (κ2) is 19.0. The summed E-state index contributed by atoms with van der Waals surface area (Å²) in [6.07, 6.45) is 2.82. The summed E-state index contributed by atoms with van der Waals surface area (Å²) < 4.78 is 67.6. The lowest BCUT2D eigenvalue weighted by Gasteiger charge is -2.38. The van der Waals surface area contributed by atoms with Gasteiger partial charge in [-0.05, 0) is 93.9 Å². The molecule has 11 nitrogen and oxygen atoms in total. The van der Waals surface area contributed by atoms with Crippen LogP contribution in [0.5, 0.6) is 11.5 Å². The molecule has 0 bridgehead atoms. The van der Waals surface area contributed by atoms with Crippen LogP contribution in [0.3, 0.4) is 0 Å². The van der Waals surface area contributed by atoms with Crippen molar-refractivity contribution in [2.24, 2.45) is 17.8 Å². The van der Waals surface area contributed by atoms with Gasteiger partial charge in [-0.3, -0.25) is 14.0 Å². The zero-order valence-corrected chi connectivity index (χ0v) is 34.4. The topological polar surface area (TPSA) is 155 Å².